The summed E-state index contributed by atoms with van der Waals surface area (Å²) in [5.74, 6) is 0.672. The number of hydrogen-bond donors (Lipinski definition) is 0. The van der Waals surface area contributed by atoms with Crippen molar-refractivity contribution < 1.29 is 0 Å². The second-order valence-electron chi connectivity index (χ2n) is 19.4. The first kappa shape index (κ1) is 38.3. The van der Waals surface area contributed by atoms with E-state index in [-0.39, 0.29) is 5.41 Å². The lowest BCUT2D eigenvalue weighted by Gasteiger charge is -2.22. The average Bonchev–Trinajstić information content (AvgIpc) is 4.01. The summed E-state index contributed by atoms with van der Waals surface area (Å²) < 4.78 is 4.78. The zero-order chi connectivity index (χ0) is 45.5. The maximum Gasteiger partial charge on any atom is 0.159 e. The predicted molar refractivity (Wildman–Crippen MR) is 289 cm³/mol. The molecule has 0 fully saturated rings. The van der Waals surface area contributed by atoms with Crippen LogP contribution < -0.4 is 0 Å². The lowest BCUT2D eigenvalue weighted by atomic mass is 9.81. The van der Waals surface area contributed by atoms with Crippen LogP contribution in [0.5, 0.6) is 0 Å². The maximum atomic E-state index is 5.18. The molecule has 3 heterocycles. The zero-order valence-corrected chi connectivity index (χ0v) is 38.1. The molecule has 0 N–H and O–H groups in total. The highest BCUT2D eigenvalue weighted by atomic mass is 15.0. The first-order chi connectivity index (χ1) is 34.0. The SMILES string of the molecule is CC1(C)c2cc3c4ccc(-c5cnc(-c6cc(-n7c8ccccc8c8ccccc87)cc(-n7c8ccccc8c8ccccc87)c6)nc5)cc4c4ccccc4c3cc2-c2c1ccc1ccccc21. The Bertz CT molecular complexity index is 4270. The van der Waals surface area contributed by atoms with Crippen LogP contribution in [0.1, 0.15) is 25.0 Å². The van der Waals surface area contributed by atoms with Crippen molar-refractivity contribution in [2.45, 2.75) is 19.3 Å². The zero-order valence-electron chi connectivity index (χ0n) is 38.1. The molecule has 0 radical (unpaired) electrons. The molecule has 0 unspecified atom stereocenters. The van der Waals surface area contributed by atoms with Crippen LogP contribution in [-0.4, -0.2) is 19.1 Å². The Hall–Kier alpha value is -8.86. The van der Waals surface area contributed by atoms with Gasteiger partial charge in [-0.25, -0.2) is 9.97 Å². The van der Waals surface area contributed by atoms with Crippen LogP contribution in [0.3, 0.4) is 0 Å². The highest BCUT2D eigenvalue weighted by Crippen LogP contribution is 2.54. The van der Waals surface area contributed by atoms with Gasteiger partial charge in [0.15, 0.2) is 5.82 Å². The number of aromatic nitrogens is 4. The summed E-state index contributed by atoms with van der Waals surface area (Å²) in [6.45, 7) is 4.77. The van der Waals surface area contributed by atoms with Crippen LogP contribution in [-0.2, 0) is 5.41 Å². The molecule has 15 rings (SSSR count). The molecule has 0 aliphatic heterocycles. The quantitative estimate of drug-likeness (QED) is 0.165. The molecule has 1 aliphatic rings. The van der Waals surface area contributed by atoms with Crippen molar-refractivity contribution in [3.8, 4) is 45.0 Å². The molecule has 0 saturated heterocycles. The number of benzene rings is 11. The van der Waals surface area contributed by atoms with Crippen molar-refractivity contribution in [1.82, 2.24) is 19.1 Å². The third kappa shape index (κ3) is 5.40. The fourth-order valence-corrected chi connectivity index (χ4v) is 12.1. The van der Waals surface area contributed by atoms with Gasteiger partial charge >= 0.3 is 0 Å². The Labute approximate surface area is 398 Å². The average molecular weight is 879 g/mol. The molecular weight excluding hydrogens is 837 g/mol. The van der Waals surface area contributed by atoms with Gasteiger partial charge in [-0.3, -0.25) is 0 Å². The number of fused-ring (bicyclic) bond motifs is 17. The minimum Gasteiger partial charge on any atom is -0.309 e. The number of hydrogen-bond acceptors (Lipinski definition) is 2. The molecular formula is C65H42N4. The van der Waals surface area contributed by atoms with Gasteiger partial charge < -0.3 is 9.13 Å². The fourth-order valence-electron chi connectivity index (χ4n) is 12.1. The van der Waals surface area contributed by atoms with Crippen LogP contribution in [0, 0.1) is 0 Å². The molecule has 4 heteroatoms. The summed E-state index contributed by atoms with van der Waals surface area (Å²) in [6, 6.07) is 75.9. The molecule has 14 aromatic rings. The summed E-state index contributed by atoms with van der Waals surface area (Å²) in [6.07, 6.45) is 3.99. The molecule has 1 aliphatic carbocycles. The van der Waals surface area contributed by atoms with E-state index >= 15 is 0 Å². The number of nitrogens with zero attached hydrogens (tertiary/aromatic N) is 4. The van der Waals surface area contributed by atoms with Crippen molar-refractivity contribution >= 4 is 86.7 Å². The minimum atomic E-state index is -0.132. The van der Waals surface area contributed by atoms with Gasteiger partial charge in [0.05, 0.1) is 22.1 Å². The Kier molecular flexibility index (Phi) is 7.81. The lowest BCUT2D eigenvalue weighted by Crippen LogP contribution is -2.14. The van der Waals surface area contributed by atoms with Crippen molar-refractivity contribution in [3.05, 3.63) is 230 Å². The lowest BCUT2D eigenvalue weighted by molar-refractivity contribution is 0.662. The van der Waals surface area contributed by atoms with E-state index < -0.39 is 0 Å². The van der Waals surface area contributed by atoms with Crippen molar-refractivity contribution in [2.24, 2.45) is 0 Å². The third-order valence-electron chi connectivity index (χ3n) is 15.3. The molecule has 0 atom stereocenters. The van der Waals surface area contributed by atoms with Gasteiger partial charge in [0.2, 0.25) is 0 Å². The van der Waals surface area contributed by atoms with Gasteiger partial charge in [-0.15, -0.1) is 0 Å². The van der Waals surface area contributed by atoms with Crippen LogP contribution in [0.15, 0.2) is 219 Å². The highest BCUT2D eigenvalue weighted by molar-refractivity contribution is 6.27. The molecule has 69 heavy (non-hydrogen) atoms. The molecule has 0 saturated carbocycles. The molecule has 11 aromatic carbocycles. The predicted octanol–water partition coefficient (Wildman–Crippen LogP) is 16.9. The van der Waals surface area contributed by atoms with Crippen LogP contribution in [0.25, 0.3) is 132 Å². The van der Waals surface area contributed by atoms with Crippen LogP contribution >= 0.6 is 0 Å². The van der Waals surface area contributed by atoms with E-state index in [9.17, 15) is 0 Å². The van der Waals surface area contributed by atoms with Gasteiger partial charge in [0, 0.05) is 61.9 Å². The molecule has 4 nitrogen and oxygen atoms in total. The first-order valence-electron chi connectivity index (χ1n) is 23.9. The Morgan fingerprint density at radius 2 is 0.797 bits per heavy atom. The summed E-state index contributed by atoms with van der Waals surface area (Å²) in [5, 5.41) is 15.1. The monoisotopic (exact) mass is 878 g/mol. The Morgan fingerprint density at radius 1 is 0.333 bits per heavy atom. The smallest absolute Gasteiger partial charge is 0.159 e. The van der Waals surface area contributed by atoms with Gasteiger partial charge in [-0.2, -0.15) is 0 Å². The first-order valence-corrected chi connectivity index (χ1v) is 23.9. The van der Waals surface area contributed by atoms with Crippen molar-refractivity contribution in [3.63, 3.8) is 0 Å². The van der Waals surface area contributed by atoms with Gasteiger partial charge in [0.25, 0.3) is 0 Å². The molecule has 322 valence electrons. The molecule has 0 bridgehead atoms. The maximum absolute atomic E-state index is 5.18. The summed E-state index contributed by atoms with van der Waals surface area (Å²) in [4.78, 5) is 10.4. The molecule has 0 spiro atoms. The fraction of sp³-hybridized carbons (Fsp3) is 0.0462. The van der Waals surface area contributed by atoms with Gasteiger partial charge in [-0.1, -0.05) is 159 Å². The van der Waals surface area contributed by atoms with E-state index in [1.807, 2.05) is 12.4 Å². The normalized spacial score (nSPS) is 13.2. The van der Waals surface area contributed by atoms with E-state index in [1.54, 1.807) is 0 Å². The Morgan fingerprint density at radius 3 is 1.36 bits per heavy atom. The van der Waals surface area contributed by atoms with Crippen molar-refractivity contribution in [1.29, 1.82) is 0 Å². The highest BCUT2D eigenvalue weighted by Gasteiger charge is 2.37. The van der Waals surface area contributed by atoms with E-state index in [0.29, 0.717) is 5.82 Å². The standard InChI is InChI=1S/C65H42N4/c1-65(2)57-30-28-39-15-3-4-16-45(39)63(57)56-35-54-47-18-6-5-17-46(47)53-33-40(27-29-48(53)55(54)36-58(56)65)42-37-66-64(67-38-42)41-31-43(68-59-23-11-7-19-49(59)50-20-8-12-24-60(50)68)34-44(32-41)69-61-25-13-9-21-51(61)52-22-10-14-26-62(52)69/h3-38H,1-2H3. The van der Waals surface area contributed by atoms with E-state index in [4.69, 9.17) is 9.97 Å². The topological polar surface area (TPSA) is 35.6 Å². The number of rotatable bonds is 4. The van der Waals surface area contributed by atoms with Crippen LogP contribution in [0.4, 0.5) is 0 Å². The summed E-state index contributed by atoms with van der Waals surface area (Å²) >= 11 is 0. The van der Waals surface area contributed by atoms with E-state index in [1.165, 1.54) is 86.9 Å². The van der Waals surface area contributed by atoms with E-state index in [0.717, 1.165) is 50.1 Å². The largest absolute Gasteiger partial charge is 0.309 e. The van der Waals surface area contributed by atoms with Gasteiger partial charge in [0.1, 0.15) is 0 Å². The third-order valence-corrected chi connectivity index (χ3v) is 15.3. The Balaban J connectivity index is 0.895. The van der Waals surface area contributed by atoms with E-state index in [2.05, 4.69) is 229 Å². The summed E-state index contributed by atoms with van der Waals surface area (Å²) in [5.41, 5.74) is 15.1. The molecule has 0 amide bonds. The second-order valence-corrected chi connectivity index (χ2v) is 19.4. The van der Waals surface area contributed by atoms with Crippen LogP contribution in [0.2, 0.25) is 0 Å². The molecule has 3 aromatic heterocycles. The van der Waals surface area contributed by atoms with Gasteiger partial charge in [-0.05, 0) is 132 Å². The summed E-state index contributed by atoms with van der Waals surface area (Å²) in [7, 11) is 0. The minimum absolute atomic E-state index is 0.132. The number of para-hydroxylation sites is 4. The van der Waals surface area contributed by atoms with Crippen molar-refractivity contribution in [2.75, 3.05) is 0 Å². The second kappa shape index (κ2) is 14.1.